The van der Waals surface area contributed by atoms with E-state index in [1.165, 1.54) is 37.3 Å². The normalized spacial score (nSPS) is 31.1. The Hall–Kier alpha value is -0.180. The van der Waals surface area contributed by atoms with E-state index >= 15 is 0 Å². The van der Waals surface area contributed by atoms with Crippen LogP contribution in [0.15, 0.2) is 4.99 Å². The summed E-state index contributed by atoms with van der Waals surface area (Å²) in [7, 11) is 0. The highest BCUT2D eigenvalue weighted by Crippen LogP contribution is 2.37. The van der Waals surface area contributed by atoms with Crippen LogP contribution in [-0.2, 0) is 0 Å². The van der Waals surface area contributed by atoms with Crippen molar-refractivity contribution in [1.29, 1.82) is 0 Å². The minimum absolute atomic E-state index is 0.409. The van der Waals surface area contributed by atoms with E-state index in [0.29, 0.717) is 22.1 Å². The van der Waals surface area contributed by atoms with Gasteiger partial charge in [0, 0.05) is 11.3 Å². The molecular weight excluding hydrogens is 252 g/mol. The minimum Gasteiger partial charge on any atom is -0.362 e. The van der Waals surface area contributed by atoms with E-state index in [2.05, 4.69) is 39.9 Å². The van der Waals surface area contributed by atoms with Gasteiger partial charge in [0.1, 0.15) is 0 Å². The van der Waals surface area contributed by atoms with Gasteiger partial charge in [-0.1, -0.05) is 59.2 Å². The number of amidine groups is 1. The molecule has 1 saturated carbocycles. The second-order valence-corrected chi connectivity index (χ2v) is 9.37. The fourth-order valence-electron chi connectivity index (χ4n) is 3.20. The molecule has 1 fully saturated rings. The zero-order valence-corrected chi connectivity index (χ0v) is 14.1. The predicted molar refractivity (Wildman–Crippen MR) is 86.9 cm³/mol. The summed E-state index contributed by atoms with van der Waals surface area (Å²) in [6, 6.07) is 0.612. The molecule has 2 aliphatic rings. The van der Waals surface area contributed by atoms with Gasteiger partial charge in [-0.15, -0.1) is 0 Å². The molecule has 0 amide bonds. The van der Waals surface area contributed by atoms with Crippen LogP contribution in [-0.4, -0.2) is 23.0 Å². The van der Waals surface area contributed by atoms with E-state index in [-0.39, 0.29) is 0 Å². The Bertz CT molecular complexity index is 341. The first-order chi connectivity index (χ1) is 8.76. The monoisotopic (exact) mass is 282 g/mol. The topological polar surface area (TPSA) is 24.4 Å². The lowest BCUT2D eigenvalue weighted by molar-refractivity contribution is 0.186. The maximum Gasteiger partial charge on any atom is 0.157 e. The number of hydrogen-bond donors (Lipinski definition) is 1. The van der Waals surface area contributed by atoms with E-state index in [1.54, 1.807) is 0 Å². The molecule has 0 aromatic carbocycles. The molecule has 2 unspecified atom stereocenters. The number of rotatable bonds is 2. The first-order valence-electron chi connectivity index (χ1n) is 7.74. The van der Waals surface area contributed by atoms with Crippen LogP contribution in [0.25, 0.3) is 0 Å². The largest absolute Gasteiger partial charge is 0.362 e. The van der Waals surface area contributed by atoms with Crippen molar-refractivity contribution in [2.24, 2.45) is 15.8 Å². The van der Waals surface area contributed by atoms with Crippen LogP contribution in [0.5, 0.6) is 0 Å². The maximum atomic E-state index is 4.73. The van der Waals surface area contributed by atoms with Crippen LogP contribution in [0.4, 0.5) is 0 Å². The average molecular weight is 282 g/mol. The maximum absolute atomic E-state index is 4.73. The molecule has 19 heavy (non-hydrogen) atoms. The highest BCUT2D eigenvalue weighted by Gasteiger charge is 2.34. The third kappa shape index (κ3) is 4.40. The summed E-state index contributed by atoms with van der Waals surface area (Å²) in [6.07, 6.45) is 6.65. The number of thioether (sulfide) groups is 1. The highest BCUT2D eigenvalue weighted by atomic mass is 32.2. The van der Waals surface area contributed by atoms with E-state index < -0.39 is 0 Å². The van der Waals surface area contributed by atoms with Gasteiger partial charge in [-0.3, -0.25) is 4.99 Å². The summed E-state index contributed by atoms with van der Waals surface area (Å²) in [5.74, 6) is 0. The molecule has 0 saturated heterocycles. The molecule has 0 spiro atoms. The molecule has 1 heterocycles. The lowest BCUT2D eigenvalue weighted by atomic mass is 9.73. The van der Waals surface area contributed by atoms with E-state index in [0.717, 1.165) is 6.54 Å². The molecule has 0 bridgehead atoms. The number of aliphatic imine (C=N–C) groups is 1. The van der Waals surface area contributed by atoms with Crippen LogP contribution in [0, 0.1) is 10.8 Å². The number of hydrogen-bond acceptors (Lipinski definition) is 3. The molecule has 110 valence electrons. The molecule has 0 aromatic rings. The molecule has 2 atom stereocenters. The molecule has 1 N–H and O–H groups in total. The Morgan fingerprint density at radius 1 is 1.32 bits per heavy atom. The second-order valence-electron chi connectivity index (χ2n) is 8.08. The van der Waals surface area contributed by atoms with Crippen molar-refractivity contribution >= 4 is 16.9 Å². The number of nitrogens with one attached hydrogen (secondary N) is 1. The van der Waals surface area contributed by atoms with Gasteiger partial charge in [0.05, 0.1) is 6.54 Å². The van der Waals surface area contributed by atoms with Crippen molar-refractivity contribution < 1.29 is 0 Å². The van der Waals surface area contributed by atoms with Crippen LogP contribution in [0.2, 0.25) is 0 Å². The van der Waals surface area contributed by atoms with Crippen LogP contribution >= 0.6 is 11.8 Å². The van der Waals surface area contributed by atoms with Crippen molar-refractivity contribution in [3.63, 3.8) is 0 Å². The van der Waals surface area contributed by atoms with Crippen LogP contribution < -0.4 is 5.32 Å². The Kier molecular flexibility index (Phi) is 4.54. The van der Waals surface area contributed by atoms with Crippen molar-refractivity contribution in [3.8, 4) is 0 Å². The van der Waals surface area contributed by atoms with Crippen molar-refractivity contribution in [2.45, 2.75) is 78.0 Å². The van der Waals surface area contributed by atoms with Gasteiger partial charge in [0.25, 0.3) is 0 Å². The van der Waals surface area contributed by atoms with E-state index in [4.69, 9.17) is 4.99 Å². The average Bonchev–Trinajstić information content (AvgIpc) is 2.66. The van der Waals surface area contributed by atoms with Gasteiger partial charge in [-0.2, -0.15) is 0 Å². The Morgan fingerprint density at radius 2 is 2.05 bits per heavy atom. The zero-order valence-electron chi connectivity index (χ0n) is 13.3. The Morgan fingerprint density at radius 3 is 2.68 bits per heavy atom. The van der Waals surface area contributed by atoms with Gasteiger partial charge >= 0.3 is 0 Å². The molecule has 3 heteroatoms. The molecule has 1 aliphatic carbocycles. The second kappa shape index (κ2) is 5.67. The molecule has 0 aromatic heterocycles. The van der Waals surface area contributed by atoms with Crippen molar-refractivity contribution in [1.82, 2.24) is 5.32 Å². The van der Waals surface area contributed by atoms with Gasteiger partial charge in [-0.25, -0.2) is 0 Å². The lowest BCUT2D eigenvalue weighted by Crippen LogP contribution is -2.45. The zero-order chi connectivity index (χ0) is 14.1. The Balaban J connectivity index is 1.84. The van der Waals surface area contributed by atoms with E-state index in [1.807, 2.05) is 11.8 Å². The standard InChI is InChI=1S/C16H30N2S/c1-15(2,3)10-12-11-17-14(19-12)18-13-8-6-7-9-16(13,4)5/h12-13H,6-11H2,1-5H3,(H,17,18). The van der Waals surface area contributed by atoms with E-state index in [9.17, 15) is 0 Å². The Labute approximate surface area is 123 Å². The molecule has 2 nitrogen and oxygen atoms in total. The van der Waals surface area contributed by atoms with Crippen LogP contribution in [0.3, 0.4) is 0 Å². The molecule has 2 rings (SSSR count). The highest BCUT2D eigenvalue weighted by molar-refractivity contribution is 8.14. The van der Waals surface area contributed by atoms with Gasteiger partial charge in [0.2, 0.25) is 0 Å². The fraction of sp³-hybridized carbons (Fsp3) is 0.938. The molecule has 1 aliphatic heterocycles. The summed E-state index contributed by atoms with van der Waals surface area (Å²) in [4.78, 5) is 4.73. The molecular formula is C16H30N2S. The summed E-state index contributed by atoms with van der Waals surface area (Å²) >= 11 is 1.97. The summed E-state index contributed by atoms with van der Waals surface area (Å²) < 4.78 is 0. The fourth-order valence-corrected chi connectivity index (χ4v) is 4.60. The number of nitrogens with zero attached hydrogens (tertiary/aromatic N) is 1. The van der Waals surface area contributed by atoms with Gasteiger partial charge in [0.15, 0.2) is 5.17 Å². The van der Waals surface area contributed by atoms with Crippen LogP contribution in [0.1, 0.15) is 66.7 Å². The third-order valence-electron chi connectivity index (χ3n) is 4.36. The summed E-state index contributed by atoms with van der Waals surface area (Å²) in [5, 5.41) is 5.61. The summed E-state index contributed by atoms with van der Waals surface area (Å²) in [6.45, 7) is 12.8. The third-order valence-corrected chi connectivity index (χ3v) is 5.48. The smallest absolute Gasteiger partial charge is 0.157 e. The quantitative estimate of drug-likeness (QED) is 0.809. The minimum atomic E-state index is 0.409. The van der Waals surface area contributed by atoms with Crippen molar-refractivity contribution in [2.75, 3.05) is 6.54 Å². The van der Waals surface area contributed by atoms with Gasteiger partial charge in [-0.05, 0) is 30.1 Å². The summed E-state index contributed by atoms with van der Waals surface area (Å²) in [5.41, 5.74) is 0.830. The van der Waals surface area contributed by atoms with Gasteiger partial charge < -0.3 is 5.32 Å². The first kappa shape index (κ1) is 15.2. The lowest BCUT2D eigenvalue weighted by Gasteiger charge is -2.39. The SMILES string of the molecule is CC(C)(C)CC1CN=C(NC2CCCCC2(C)C)S1. The van der Waals surface area contributed by atoms with Crippen molar-refractivity contribution in [3.05, 3.63) is 0 Å². The predicted octanol–water partition coefficient (Wildman–Crippen LogP) is 4.45. The first-order valence-corrected chi connectivity index (χ1v) is 8.62. The molecule has 0 radical (unpaired) electrons.